The number of urea groups is 1. The first-order valence-corrected chi connectivity index (χ1v) is 6.93. The van der Waals surface area contributed by atoms with Gasteiger partial charge in [0.1, 0.15) is 0 Å². The Morgan fingerprint density at radius 1 is 1.24 bits per heavy atom. The third kappa shape index (κ3) is 2.85. The van der Waals surface area contributed by atoms with E-state index in [0.717, 1.165) is 5.56 Å². The molecule has 4 nitrogen and oxygen atoms in total. The molecule has 0 aliphatic carbocycles. The van der Waals surface area contributed by atoms with E-state index in [-0.39, 0.29) is 12.1 Å². The number of thiazole rings is 1. The molecule has 110 valence electrons. The molecule has 3 rings (SSSR count). The minimum absolute atomic E-state index is 0.112. The molecule has 21 heavy (non-hydrogen) atoms. The van der Waals surface area contributed by atoms with Gasteiger partial charge in [0.15, 0.2) is 5.01 Å². The van der Waals surface area contributed by atoms with E-state index < -0.39 is 11.2 Å². The Morgan fingerprint density at radius 2 is 1.95 bits per heavy atom. The van der Waals surface area contributed by atoms with E-state index in [2.05, 4.69) is 15.6 Å². The molecule has 0 spiro atoms. The predicted molar refractivity (Wildman–Crippen MR) is 71.8 cm³/mol. The molecule has 1 unspecified atom stereocenters. The maximum absolute atomic E-state index is 12.5. The lowest BCUT2D eigenvalue weighted by Crippen LogP contribution is -2.21. The molecule has 2 amide bonds. The van der Waals surface area contributed by atoms with Crippen molar-refractivity contribution in [2.24, 2.45) is 0 Å². The lowest BCUT2D eigenvalue weighted by molar-refractivity contribution is -0.137. The molecular weight excluding hydrogens is 303 g/mol. The fourth-order valence-electron chi connectivity index (χ4n) is 2.07. The van der Waals surface area contributed by atoms with Gasteiger partial charge in [-0.3, -0.25) is 0 Å². The van der Waals surface area contributed by atoms with Crippen LogP contribution in [-0.4, -0.2) is 17.6 Å². The van der Waals surface area contributed by atoms with Crippen molar-refractivity contribution in [2.75, 3.05) is 6.54 Å². The van der Waals surface area contributed by atoms with E-state index in [0.29, 0.717) is 28.3 Å². The average molecular weight is 313 g/mol. The van der Waals surface area contributed by atoms with E-state index >= 15 is 0 Å². The van der Waals surface area contributed by atoms with Crippen LogP contribution in [0.5, 0.6) is 0 Å². The summed E-state index contributed by atoms with van der Waals surface area (Å²) in [4.78, 5) is 14.9. The number of benzene rings is 1. The van der Waals surface area contributed by atoms with Gasteiger partial charge in [0, 0.05) is 12.7 Å². The van der Waals surface area contributed by atoms with Crippen molar-refractivity contribution in [3.05, 3.63) is 41.0 Å². The van der Waals surface area contributed by atoms with Gasteiger partial charge >= 0.3 is 12.2 Å². The zero-order valence-corrected chi connectivity index (χ0v) is 11.4. The number of nitrogens with one attached hydrogen (secondary N) is 2. The van der Waals surface area contributed by atoms with E-state index in [4.69, 9.17) is 0 Å². The quantitative estimate of drug-likeness (QED) is 0.894. The smallest absolute Gasteiger partial charge is 0.336 e. The fourth-order valence-corrected chi connectivity index (χ4v) is 2.86. The Hall–Kier alpha value is -2.09. The van der Waals surface area contributed by atoms with Crippen LogP contribution in [0.2, 0.25) is 0 Å². The van der Waals surface area contributed by atoms with Gasteiger partial charge in [0.2, 0.25) is 0 Å². The largest absolute Gasteiger partial charge is 0.443 e. The molecule has 2 aromatic rings. The van der Waals surface area contributed by atoms with Gasteiger partial charge in [0.05, 0.1) is 10.9 Å². The minimum atomic E-state index is -4.41. The second-order valence-corrected chi connectivity index (χ2v) is 5.59. The van der Waals surface area contributed by atoms with Gasteiger partial charge in [-0.25, -0.2) is 9.78 Å². The number of hydrogen-bond donors (Lipinski definition) is 2. The van der Waals surface area contributed by atoms with Crippen molar-refractivity contribution in [2.45, 2.75) is 12.2 Å². The highest BCUT2D eigenvalue weighted by Crippen LogP contribution is 2.36. The number of amides is 2. The van der Waals surface area contributed by atoms with Crippen LogP contribution >= 0.6 is 11.3 Å². The van der Waals surface area contributed by atoms with Gasteiger partial charge in [-0.15, -0.1) is 11.3 Å². The topological polar surface area (TPSA) is 54.0 Å². The van der Waals surface area contributed by atoms with Crippen LogP contribution in [-0.2, 0) is 6.18 Å². The molecule has 1 aromatic heterocycles. The highest BCUT2D eigenvalue weighted by Gasteiger charge is 2.34. The van der Waals surface area contributed by atoms with Gasteiger partial charge in [-0.1, -0.05) is 24.3 Å². The number of aromatic nitrogens is 1. The molecular formula is C13H10F3N3OS. The third-order valence-corrected chi connectivity index (χ3v) is 4.21. The number of carbonyl (C=O) groups is 1. The molecule has 1 fully saturated rings. The summed E-state index contributed by atoms with van der Waals surface area (Å²) in [5.74, 6) is 0. The summed E-state index contributed by atoms with van der Waals surface area (Å²) >= 11 is 0.613. The van der Waals surface area contributed by atoms with Crippen molar-refractivity contribution in [1.29, 1.82) is 0 Å². The number of rotatable bonds is 2. The summed E-state index contributed by atoms with van der Waals surface area (Å²) in [6.07, 6.45) is -3.19. The van der Waals surface area contributed by atoms with Crippen LogP contribution in [0.25, 0.3) is 10.4 Å². The molecule has 2 heterocycles. The first kappa shape index (κ1) is 13.9. The summed E-state index contributed by atoms with van der Waals surface area (Å²) in [5, 5.41) is 4.54. The second-order valence-electron chi connectivity index (χ2n) is 4.56. The van der Waals surface area contributed by atoms with Crippen LogP contribution in [0.1, 0.15) is 16.6 Å². The van der Waals surface area contributed by atoms with Crippen LogP contribution in [0.3, 0.4) is 0 Å². The van der Waals surface area contributed by atoms with Crippen LogP contribution < -0.4 is 10.6 Å². The maximum atomic E-state index is 12.5. The molecule has 0 radical (unpaired) electrons. The van der Waals surface area contributed by atoms with Gasteiger partial charge < -0.3 is 10.6 Å². The van der Waals surface area contributed by atoms with E-state index in [1.165, 1.54) is 6.20 Å². The first-order chi connectivity index (χ1) is 9.93. The van der Waals surface area contributed by atoms with E-state index in [1.54, 1.807) is 24.3 Å². The SMILES string of the molecule is O=C1NCC(c2ccc(-c3cnc(C(F)(F)F)s3)cc2)N1. The van der Waals surface area contributed by atoms with Gasteiger partial charge in [0.25, 0.3) is 0 Å². The maximum Gasteiger partial charge on any atom is 0.443 e. The second kappa shape index (κ2) is 5.03. The van der Waals surface area contributed by atoms with Crippen molar-refractivity contribution < 1.29 is 18.0 Å². The Balaban J connectivity index is 1.81. The molecule has 1 aliphatic rings. The van der Waals surface area contributed by atoms with Crippen LogP contribution in [0, 0.1) is 0 Å². The van der Waals surface area contributed by atoms with Crippen molar-refractivity contribution in [3.8, 4) is 10.4 Å². The summed E-state index contributed by atoms with van der Waals surface area (Å²) < 4.78 is 37.6. The zero-order valence-electron chi connectivity index (χ0n) is 10.6. The summed E-state index contributed by atoms with van der Waals surface area (Å²) in [6, 6.07) is 6.71. The number of halogens is 3. The Kier molecular flexibility index (Phi) is 3.32. The van der Waals surface area contributed by atoms with Crippen molar-refractivity contribution in [3.63, 3.8) is 0 Å². The minimum Gasteiger partial charge on any atom is -0.336 e. The van der Waals surface area contributed by atoms with Crippen molar-refractivity contribution in [1.82, 2.24) is 15.6 Å². The first-order valence-electron chi connectivity index (χ1n) is 6.11. The highest BCUT2D eigenvalue weighted by molar-refractivity contribution is 7.15. The van der Waals surface area contributed by atoms with Crippen LogP contribution in [0.15, 0.2) is 30.5 Å². The molecule has 0 saturated carbocycles. The average Bonchev–Trinajstić information content (AvgIpc) is 3.07. The molecule has 1 aromatic carbocycles. The number of nitrogens with zero attached hydrogens (tertiary/aromatic N) is 1. The summed E-state index contributed by atoms with van der Waals surface area (Å²) in [5.41, 5.74) is 1.57. The Labute approximate surface area is 122 Å². The number of hydrogen-bond acceptors (Lipinski definition) is 3. The Bertz CT molecular complexity index is 666. The molecule has 2 N–H and O–H groups in total. The lowest BCUT2D eigenvalue weighted by atomic mass is 10.1. The molecule has 8 heteroatoms. The fraction of sp³-hybridized carbons (Fsp3) is 0.231. The zero-order chi connectivity index (χ0) is 15.0. The molecule has 1 atom stereocenters. The molecule has 0 bridgehead atoms. The standard InChI is InChI=1S/C13H10F3N3OS/c14-13(15,16)11-17-6-10(21-11)8-3-1-7(2-4-8)9-5-18-12(20)19-9/h1-4,6,9H,5H2,(H2,18,19,20). The third-order valence-electron chi connectivity index (χ3n) is 3.12. The number of alkyl halides is 3. The summed E-state index contributed by atoms with van der Waals surface area (Å²) in [7, 11) is 0. The Morgan fingerprint density at radius 3 is 2.48 bits per heavy atom. The van der Waals surface area contributed by atoms with Crippen LogP contribution in [0.4, 0.5) is 18.0 Å². The predicted octanol–water partition coefficient (Wildman–Crippen LogP) is 3.18. The molecule has 1 aliphatic heterocycles. The van der Waals surface area contributed by atoms with E-state index in [9.17, 15) is 18.0 Å². The van der Waals surface area contributed by atoms with E-state index in [1.807, 2.05) is 0 Å². The summed E-state index contributed by atoms with van der Waals surface area (Å²) in [6.45, 7) is 0.497. The highest BCUT2D eigenvalue weighted by atomic mass is 32.1. The van der Waals surface area contributed by atoms with Gasteiger partial charge in [-0.05, 0) is 11.1 Å². The van der Waals surface area contributed by atoms with Gasteiger partial charge in [-0.2, -0.15) is 13.2 Å². The monoisotopic (exact) mass is 313 g/mol. The molecule has 1 saturated heterocycles. The number of carbonyl (C=O) groups excluding carboxylic acids is 1. The normalized spacial score (nSPS) is 18.4. The lowest BCUT2D eigenvalue weighted by Gasteiger charge is -2.09. The van der Waals surface area contributed by atoms with Crippen molar-refractivity contribution >= 4 is 17.4 Å².